The van der Waals surface area contributed by atoms with Crippen LogP contribution in [0.2, 0.25) is 0 Å². The first kappa shape index (κ1) is 12.1. The van der Waals surface area contributed by atoms with Crippen LogP contribution in [0.25, 0.3) is 11.0 Å². The van der Waals surface area contributed by atoms with E-state index >= 15 is 0 Å². The number of rotatable bonds is 5. The molecule has 0 aliphatic rings. The summed E-state index contributed by atoms with van der Waals surface area (Å²) in [6.45, 7) is 5.17. The van der Waals surface area contributed by atoms with Gasteiger partial charge in [-0.25, -0.2) is 0 Å². The second kappa shape index (κ2) is 5.34. The van der Waals surface area contributed by atoms with Crippen molar-refractivity contribution in [2.45, 2.75) is 39.5 Å². The predicted octanol–water partition coefficient (Wildman–Crippen LogP) is 3.21. The molecule has 1 atom stereocenters. The van der Waals surface area contributed by atoms with Crippen molar-refractivity contribution >= 4 is 11.0 Å². The molecular weight excluding hydrogens is 214 g/mol. The lowest BCUT2D eigenvalue weighted by atomic mass is 10.1. The van der Waals surface area contributed by atoms with Crippen LogP contribution in [0, 0.1) is 0 Å². The summed E-state index contributed by atoms with van der Waals surface area (Å²) in [6, 6.07) is 7.98. The first-order chi connectivity index (χ1) is 8.26. The molecule has 0 aliphatic heterocycles. The second-order valence-corrected chi connectivity index (χ2v) is 4.23. The Kier molecular flexibility index (Phi) is 3.82. The fourth-order valence-corrected chi connectivity index (χ4v) is 1.82. The molecule has 1 unspecified atom stereocenters. The lowest BCUT2D eigenvalue weighted by Gasteiger charge is -2.10. The zero-order valence-corrected chi connectivity index (χ0v) is 10.4. The summed E-state index contributed by atoms with van der Waals surface area (Å²) in [4.78, 5) is 0. The van der Waals surface area contributed by atoms with Crippen molar-refractivity contribution in [1.82, 2.24) is 0 Å². The van der Waals surface area contributed by atoms with Crippen molar-refractivity contribution in [3.8, 4) is 0 Å². The Bertz CT molecular complexity index is 490. The molecule has 0 amide bonds. The monoisotopic (exact) mass is 233 g/mol. The molecule has 0 saturated heterocycles. The summed E-state index contributed by atoms with van der Waals surface area (Å²) < 4.78 is 11.5. The van der Waals surface area contributed by atoms with Crippen LogP contribution >= 0.6 is 0 Å². The molecule has 0 saturated carbocycles. The third kappa shape index (κ3) is 2.51. The Morgan fingerprint density at radius 2 is 2.12 bits per heavy atom. The molecule has 0 spiro atoms. The Balaban J connectivity index is 2.30. The normalized spacial score (nSPS) is 13.1. The molecule has 1 aromatic heterocycles. The van der Waals surface area contributed by atoms with E-state index < -0.39 is 0 Å². The van der Waals surface area contributed by atoms with Crippen LogP contribution in [0.1, 0.15) is 31.6 Å². The second-order valence-electron chi connectivity index (χ2n) is 4.23. The summed E-state index contributed by atoms with van der Waals surface area (Å²) in [7, 11) is 0. The van der Waals surface area contributed by atoms with Gasteiger partial charge in [0, 0.05) is 10.9 Å². The SMILES string of the molecule is CCC(C)OCc1c(CN)oc2ccccc12. The number of benzene rings is 1. The summed E-state index contributed by atoms with van der Waals surface area (Å²) in [5, 5.41) is 1.11. The van der Waals surface area contributed by atoms with Gasteiger partial charge in [-0.1, -0.05) is 25.1 Å². The molecule has 0 fully saturated rings. The van der Waals surface area contributed by atoms with E-state index in [0.717, 1.165) is 28.7 Å². The fraction of sp³-hybridized carbons (Fsp3) is 0.429. The minimum absolute atomic E-state index is 0.259. The van der Waals surface area contributed by atoms with E-state index in [0.29, 0.717) is 13.2 Å². The molecular formula is C14H19NO2. The summed E-state index contributed by atoms with van der Waals surface area (Å²) >= 11 is 0. The van der Waals surface area contributed by atoms with Crippen LogP contribution in [0.5, 0.6) is 0 Å². The molecule has 92 valence electrons. The highest BCUT2D eigenvalue weighted by Crippen LogP contribution is 2.26. The zero-order valence-electron chi connectivity index (χ0n) is 10.4. The van der Waals surface area contributed by atoms with Crippen molar-refractivity contribution in [2.24, 2.45) is 5.73 Å². The lowest BCUT2D eigenvalue weighted by Crippen LogP contribution is -2.08. The van der Waals surface area contributed by atoms with Crippen LogP contribution in [0.15, 0.2) is 28.7 Å². The standard InChI is InChI=1S/C14H19NO2/c1-3-10(2)16-9-12-11-6-4-5-7-13(11)17-14(12)8-15/h4-7,10H,3,8-9,15H2,1-2H3. The van der Waals surface area contributed by atoms with Gasteiger partial charge in [0.15, 0.2) is 0 Å². The van der Waals surface area contributed by atoms with Crippen LogP contribution < -0.4 is 5.73 Å². The third-order valence-corrected chi connectivity index (χ3v) is 3.05. The molecule has 1 heterocycles. The highest BCUT2D eigenvalue weighted by atomic mass is 16.5. The highest BCUT2D eigenvalue weighted by molar-refractivity contribution is 5.82. The van der Waals surface area contributed by atoms with E-state index in [1.165, 1.54) is 0 Å². The smallest absolute Gasteiger partial charge is 0.134 e. The minimum atomic E-state index is 0.259. The van der Waals surface area contributed by atoms with Gasteiger partial charge in [0.1, 0.15) is 11.3 Å². The van der Waals surface area contributed by atoms with Gasteiger partial charge in [-0.15, -0.1) is 0 Å². The van der Waals surface area contributed by atoms with Gasteiger partial charge in [0.2, 0.25) is 0 Å². The molecule has 0 aliphatic carbocycles. The number of para-hydroxylation sites is 1. The van der Waals surface area contributed by atoms with Crippen LogP contribution in [-0.2, 0) is 17.9 Å². The summed E-state index contributed by atoms with van der Waals surface area (Å²) in [5.41, 5.74) is 7.68. The molecule has 17 heavy (non-hydrogen) atoms. The van der Waals surface area contributed by atoms with Gasteiger partial charge < -0.3 is 14.9 Å². The minimum Gasteiger partial charge on any atom is -0.459 e. The van der Waals surface area contributed by atoms with Gasteiger partial charge >= 0.3 is 0 Å². The van der Waals surface area contributed by atoms with E-state index in [1.807, 2.05) is 24.3 Å². The van der Waals surface area contributed by atoms with Gasteiger partial charge in [0.05, 0.1) is 19.3 Å². The zero-order chi connectivity index (χ0) is 12.3. The third-order valence-electron chi connectivity index (χ3n) is 3.05. The molecule has 1 aromatic carbocycles. The highest BCUT2D eigenvalue weighted by Gasteiger charge is 2.13. The average Bonchev–Trinajstić information content (AvgIpc) is 2.73. The Labute approximate surface area is 102 Å². The molecule has 0 bridgehead atoms. The molecule has 3 nitrogen and oxygen atoms in total. The summed E-state index contributed by atoms with van der Waals surface area (Å²) in [5.74, 6) is 0.828. The largest absolute Gasteiger partial charge is 0.459 e. The molecule has 2 N–H and O–H groups in total. The van der Waals surface area contributed by atoms with Crippen molar-refractivity contribution in [3.63, 3.8) is 0 Å². The number of nitrogens with two attached hydrogens (primary N) is 1. The molecule has 2 rings (SSSR count). The van der Waals surface area contributed by atoms with E-state index in [1.54, 1.807) is 0 Å². The van der Waals surface area contributed by atoms with Crippen LogP contribution in [0.3, 0.4) is 0 Å². The first-order valence-electron chi connectivity index (χ1n) is 6.07. The molecule has 3 heteroatoms. The van der Waals surface area contributed by atoms with Crippen molar-refractivity contribution in [3.05, 3.63) is 35.6 Å². The van der Waals surface area contributed by atoms with Gasteiger partial charge in [0.25, 0.3) is 0 Å². The van der Waals surface area contributed by atoms with Crippen LogP contribution in [-0.4, -0.2) is 6.10 Å². The maximum absolute atomic E-state index is 5.77. The topological polar surface area (TPSA) is 48.4 Å². The number of furan rings is 1. The van der Waals surface area contributed by atoms with Gasteiger partial charge in [-0.2, -0.15) is 0 Å². The number of fused-ring (bicyclic) bond motifs is 1. The number of hydrogen-bond acceptors (Lipinski definition) is 3. The van der Waals surface area contributed by atoms with Crippen molar-refractivity contribution in [1.29, 1.82) is 0 Å². The predicted molar refractivity (Wildman–Crippen MR) is 68.6 cm³/mol. The van der Waals surface area contributed by atoms with E-state index in [-0.39, 0.29) is 6.10 Å². The van der Waals surface area contributed by atoms with Crippen LogP contribution in [0.4, 0.5) is 0 Å². The summed E-state index contributed by atoms with van der Waals surface area (Å²) in [6.07, 6.45) is 1.27. The Hall–Kier alpha value is -1.32. The van der Waals surface area contributed by atoms with E-state index in [9.17, 15) is 0 Å². The number of ether oxygens (including phenoxy) is 1. The quantitative estimate of drug-likeness (QED) is 0.862. The Morgan fingerprint density at radius 3 is 2.82 bits per heavy atom. The lowest BCUT2D eigenvalue weighted by molar-refractivity contribution is 0.0506. The fourth-order valence-electron chi connectivity index (χ4n) is 1.82. The van der Waals surface area contributed by atoms with Crippen molar-refractivity contribution < 1.29 is 9.15 Å². The van der Waals surface area contributed by atoms with Gasteiger partial charge in [-0.3, -0.25) is 0 Å². The number of hydrogen-bond donors (Lipinski definition) is 1. The van der Waals surface area contributed by atoms with Crippen molar-refractivity contribution in [2.75, 3.05) is 0 Å². The Morgan fingerprint density at radius 1 is 1.35 bits per heavy atom. The average molecular weight is 233 g/mol. The maximum atomic E-state index is 5.77. The molecule has 2 aromatic rings. The molecule has 0 radical (unpaired) electrons. The van der Waals surface area contributed by atoms with E-state index in [4.69, 9.17) is 14.9 Å². The van der Waals surface area contributed by atoms with Gasteiger partial charge in [-0.05, 0) is 19.4 Å². The maximum Gasteiger partial charge on any atom is 0.134 e. The van der Waals surface area contributed by atoms with E-state index in [2.05, 4.69) is 13.8 Å². The first-order valence-corrected chi connectivity index (χ1v) is 6.07.